The molecule has 5 heterocycles. The summed E-state index contributed by atoms with van der Waals surface area (Å²) in [7, 11) is 0. The molecule has 5 aliphatic heterocycles. The molecule has 0 radical (unpaired) electrons. The first-order valence-corrected chi connectivity index (χ1v) is 25.8. The van der Waals surface area contributed by atoms with Crippen molar-refractivity contribution in [3.63, 3.8) is 0 Å². The van der Waals surface area contributed by atoms with Gasteiger partial charge in [0, 0.05) is 6.42 Å². The molecule has 406 valence electrons. The van der Waals surface area contributed by atoms with Crippen molar-refractivity contribution >= 4 is 17.9 Å². The van der Waals surface area contributed by atoms with Crippen molar-refractivity contribution < 1.29 is 102 Å². The fourth-order valence-electron chi connectivity index (χ4n) is 9.36. The Labute approximate surface area is 412 Å². The van der Waals surface area contributed by atoms with Crippen molar-refractivity contribution in [2.45, 2.75) is 274 Å². The number of hydrogen-bond donors (Lipinski definition) is 7. The topological polar surface area (TPSA) is 294 Å². The van der Waals surface area contributed by atoms with Crippen LogP contribution in [0.25, 0.3) is 0 Å². The van der Waals surface area contributed by atoms with Crippen molar-refractivity contribution in [1.29, 1.82) is 0 Å². The van der Waals surface area contributed by atoms with Gasteiger partial charge in [-0.3, -0.25) is 14.4 Å². The minimum atomic E-state index is -1.92. The Hall–Kier alpha value is -2.19. The number of rotatable bonds is 12. The van der Waals surface area contributed by atoms with Gasteiger partial charge < -0.3 is 87.9 Å². The van der Waals surface area contributed by atoms with E-state index in [1.807, 2.05) is 0 Å². The molecule has 5 fully saturated rings. The molecular weight excluding hydrogens is 925 g/mol. The normalized spacial score (nSPS) is 42.5. The minimum Gasteiger partial charge on any atom is -0.457 e. The maximum absolute atomic E-state index is 13.9. The number of esters is 3. The van der Waals surface area contributed by atoms with Crippen LogP contribution >= 0.6 is 0 Å². The third kappa shape index (κ3) is 15.2. The molecule has 0 saturated carbocycles. The van der Waals surface area contributed by atoms with Crippen molar-refractivity contribution in [3.8, 4) is 0 Å². The van der Waals surface area contributed by atoms with Gasteiger partial charge in [0.15, 0.2) is 43.5 Å². The molecule has 0 spiro atoms. The van der Waals surface area contributed by atoms with E-state index in [1.165, 1.54) is 13.8 Å². The third-order valence-corrected chi connectivity index (χ3v) is 14.1. The highest BCUT2D eigenvalue weighted by Gasteiger charge is 2.58. The van der Waals surface area contributed by atoms with Gasteiger partial charge in [-0.2, -0.15) is 0 Å². The van der Waals surface area contributed by atoms with Crippen LogP contribution in [0.4, 0.5) is 0 Å². The minimum absolute atomic E-state index is 0.0365. The number of hydrogen-bond acceptors (Lipinski definition) is 21. The van der Waals surface area contributed by atoms with Crippen molar-refractivity contribution in [2.24, 2.45) is 11.8 Å². The Morgan fingerprint density at radius 2 is 1.19 bits per heavy atom. The maximum atomic E-state index is 13.9. The van der Waals surface area contributed by atoms with Crippen molar-refractivity contribution in [1.82, 2.24) is 0 Å². The first kappa shape index (κ1) is 58.7. The second kappa shape index (κ2) is 27.9. The summed E-state index contributed by atoms with van der Waals surface area (Å²) in [5.41, 5.74) is 0. The fraction of sp³-hybridized carbons (Fsp3) is 0.939. The Morgan fingerprint density at radius 1 is 0.600 bits per heavy atom. The lowest BCUT2D eigenvalue weighted by Crippen LogP contribution is -2.68. The zero-order valence-corrected chi connectivity index (χ0v) is 42.2. The summed E-state index contributed by atoms with van der Waals surface area (Å²) in [4.78, 5) is 40.3. The van der Waals surface area contributed by atoms with Gasteiger partial charge in [-0.1, -0.05) is 92.4 Å². The quantitative estimate of drug-likeness (QED) is 0.0838. The third-order valence-electron chi connectivity index (χ3n) is 14.1. The van der Waals surface area contributed by atoms with E-state index in [1.54, 1.807) is 34.6 Å². The lowest BCUT2D eigenvalue weighted by atomic mass is 9.95. The Bertz CT molecular complexity index is 1590. The van der Waals surface area contributed by atoms with Crippen LogP contribution in [0.2, 0.25) is 0 Å². The molecule has 0 aromatic rings. The second-order valence-corrected chi connectivity index (χ2v) is 20.1. The van der Waals surface area contributed by atoms with E-state index >= 15 is 0 Å². The van der Waals surface area contributed by atoms with Crippen LogP contribution in [0.5, 0.6) is 0 Å². The molecule has 0 aliphatic carbocycles. The number of carbonyl (C=O) groups is 3. The molecule has 5 rings (SSSR count). The van der Waals surface area contributed by atoms with Crippen LogP contribution in [0.15, 0.2) is 0 Å². The molecule has 22 atom stereocenters. The zero-order chi connectivity index (χ0) is 51.4. The Balaban J connectivity index is 1.55. The van der Waals surface area contributed by atoms with E-state index in [0.29, 0.717) is 32.1 Å². The van der Waals surface area contributed by atoms with E-state index in [9.17, 15) is 50.1 Å². The van der Waals surface area contributed by atoms with Gasteiger partial charge in [-0.15, -0.1) is 0 Å². The van der Waals surface area contributed by atoms with E-state index in [-0.39, 0.29) is 12.5 Å². The van der Waals surface area contributed by atoms with E-state index in [2.05, 4.69) is 6.92 Å². The fourth-order valence-corrected chi connectivity index (χ4v) is 9.36. The molecule has 7 N–H and O–H groups in total. The summed E-state index contributed by atoms with van der Waals surface area (Å²) in [6.07, 6.45) is -20.7. The zero-order valence-electron chi connectivity index (χ0n) is 42.2. The van der Waals surface area contributed by atoms with Gasteiger partial charge in [0.25, 0.3) is 0 Å². The molecule has 0 amide bonds. The van der Waals surface area contributed by atoms with Crippen LogP contribution in [-0.4, -0.2) is 189 Å². The average molecular weight is 1010 g/mol. The standard InChI is InChI=1S/C49H84O21/c1-9-11-17-20-29-21-18-15-13-12-14-16-19-22-31(51)65-42-39(68-46-37(57)36(56)38(27(7)61-46)66-44(58)24(3)4)28(8)62-49(43(42)67-45(59)25(5)10-2)70-41-35(55)33(53)30(23-50)64-48(41)69-40-34(54)32(52)26(6)60-47(40)63-29/h24-30,32-43,46-50,52-57H,9-23H2,1-8H3/t25?,26-,27-,28+,29+,30-,32-,33-,34+,35+,36-,37-,38-,39+,40-,41-,42-,43-,46+,47+,48+,49+/m1/s1. The summed E-state index contributed by atoms with van der Waals surface area (Å²) in [6.45, 7) is 12.5. The number of aliphatic hydroxyl groups is 7. The van der Waals surface area contributed by atoms with Crippen LogP contribution in [0.1, 0.15) is 145 Å². The average Bonchev–Trinajstić information content (AvgIpc) is 3.32. The number of unbranched alkanes of at least 4 members (excludes halogenated alkanes) is 2. The van der Waals surface area contributed by atoms with Gasteiger partial charge in [-0.05, 0) is 46.5 Å². The molecule has 5 saturated heterocycles. The van der Waals surface area contributed by atoms with Crippen LogP contribution in [0, 0.1) is 11.8 Å². The lowest BCUT2D eigenvalue weighted by Gasteiger charge is -2.50. The van der Waals surface area contributed by atoms with E-state index < -0.39 is 159 Å². The predicted molar refractivity (Wildman–Crippen MR) is 244 cm³/mol. The summed E-state index contributed by atoms with van der Waals surface area (Å²) in [5.74, 6) is -3.34. The Morgan fingerprint density at radius 3 is 1.83 bits per heavy atom. The first-order valence-electron chi connectivity index (χ1n) is 25.8. The van der Waals surface area contributed by atoms with Gasteiger partial charge in [0.1, 0.15) is 61.0 Å². The highest BCUT2D eigenvalue weighted by Crippen LogP contribution is 2.38. The molecule has 0 aromatic carbocycles. The second-order valence-electron chi connectivity index (χ2n) is 20.1. The van der Waals surface area contributed by atoms with E-state index in [4.69, 9.17) is 52.1 Å². The molecule has 2 bridgehead atoms. The molecule has 21 nitrogen and oxygen atoms in total. The SMILES string of the molecule is CCCCC[C@H]1CCCCCCCCCC(=O)O[C@@H]2[C@@H](O[C@@H]3O[C@H](C)[C@@H](OC(=O)C(C)C)[C@H](O)[C@H]3O)[C@H](C)O[C@@H](O[C@H]3[C@H](O[C@H]4[C@H](O1)O[C@H](C)[C@@H](O)[C@@H]4O)O[C@H](CO)[C@@H](O)[C@@H]3O)[C@@H]2OC(=O)C(C)CC. The summed E-state index contributed by atoms with van der Waals surface area (Å²) in [5, 5.41) is 78.8. The maximum Gasteiger partial charge on any atom is 0.309 e. The van der Waals surface area contributed by atoms with Gasteiger partial charge >= 0.3 is 17.9 Å². The molecule has 21 heteroatoms. The Kier molecular flexibility index (Phi) is 23.4. The highest BCUT2D eigenvalue weighted by atomic mass is 16.8. The van der Waals surface area contributed by atoms with Crippen LogP contribution in [-0.2, 0) is 66.5 Å². The molecule has 5 aliphatic rings. The monoisotopic (exact) mass is 1010 g/mol. The van der Waals surface area contributed by atoms with Crippen molar-refractivity contribution in [2.75, 3.05) is 6.61 Å². The number of fused-ring (bicyclic) bond motifs is 4. The van der Waals surface area contributed by atoms with Crippen molar-refractivity contribution in [3.05, 3.63) is 0 Å². The molecular formula is C49H84O21. The van der Waals surface area contributed by atoms with Crippen LogP contribution < -0.4 is 0 Å². The summed E-state index contributed by atoms with van der Waals surface area (Å²) < 4.78 is 68.2. The predicted octanol–water partition coefficient (Wildman–Crippen LogP) is 2.19. The summed E-state index contributed by atoms with van der Waals surface area (Å²) in [6, 6.07) is 0. The van der Waals surface area contributed by atoms with Gasteiger partial charge in [0.05, 0.1) is 42.9 Å². The van der Waals surface area contributed by atoms with Crippen LogP contribution in [0.3, 0.4) is 0 Å². The van der Waals surface area contributed by atoms with Gasteiger partial charge in [-0.25, -0.2) is 0 Å². The molecule has 1 unspecified atom stereocenters. The van der Waals surface area contributed by atoms with E-state index in [0.717, 1.165) is 51.4 Å². The molecule has 70 heavy (non-hydrogen) atoms. The summed E-state index contributed by atoms with van der Waals surface area (Å²) >= 11 is 0. The first-order chi connectivity index (χ1) is 33.3. The number of aliphatic hydroxyl groups excluding tert-OH is 7. The smallest absolute Gasteiger partial charge is 0.309 e. The number of carbonyl (C=O) groups excluding carboxylic acids is 3. The molecule has 0 aromatic heterocycles. The highest BCUT2D eigenvalue weighted by molar-refractivity contribution is 5.73. The largest absolute Gasteiger partial charge is 0.457 e. The number of ether oxygens (including phenoxy) is 11. The lowest BCUT2D eigenvalue weighted by molar-refractivity contribution is -0.399. The van der Waals surface area contributed by atoms with Gasteiger partial charge in [0.2, 0.25) is 0 Å².